The molecule has 0 unspecified atom stereocenters. The number of hydrogen-bond acceptors (Lipinski definition) is 9. The molecule has 1 aromatic heterocycles. The highest BCUT2D eigenvalue weighted by Crippen LogP contribution is 2.22. The molecule has 0 radical (unpaired) electrons. The minimum absolute atomic E-state index is 0.0197. The van der Waals surface area contributed by atoms with Gasteiger partial charge >= 0.3 is 0 Å². The average Bonchev–Trinajstić information content (AvgIpc) is 3.33. The number of morpholine rings is 1. The van der Waals surface area contributed by atoms with Gasteiger partial charge in [0, 0.05) is 26.2 Å². The molecule has 0 aliphatic carbocycles. The molecule has 2 aromatic rings. The first kappa shape index (κ1) is 21.7. The van der Waals surface area contributed by atoms with Gasteiger partial charge in [0.2, 0.25) is 21.9 Å². The summed E-state index contributed by atoms with van der Waals surface area (Å²) >= 11 is 0. The zero-order valence-electron chi connectivity index (χ0n) is 17.9. The van der Waals surface area contributed by atoms with Gasteiger partial charge in [-0.05, 0) is 43.5 Å². The first-order valence-electron chi connectivity index (χ1n) is 10.4. The van der Waals surface area contributed by atoms with Crippen molar-refractivity contribution in [3.05, 3.63) is 29.6 Å². The number of aromatic nitrogens is 3. The van der Waals surface area contributed by atoms with Gasteiger partial charge in [0.15, 0.2) is 5.82 Å². The number of nitrogens with zero attached hydrogens (tertiary/aromatic N) is 5. The van der Waals surface area contributed by atoms with Crippen LogP contribution in [0.25, 0.3) is 0 Å². The Labute approximate surface area is 182 Å². The van der Waals surface area contributed by atoms with Crippen LogP contribution in [-0.2, 0) is 21.3 Å². The number of benzene rings is 1. The third-order valence-corrected chi connectivity index (χ3v) is 6.84. The minimum atomic E-state index is -3.73. The molecule has 1 N–H and O–H groups in total. The van der Waals surface area contributed by atoms with Crippen LogP contribution in [-0.4, -0.2) is 69.9 Å². The van der Waals surface area contributed by atoms with E-state index in [0.29, 0.717) is 49.8 Å². The van der Waals surface area contributed by atoms with Gasteiger partial charge in [0.25, 0.3) is 0 Å². The van der Waals surface area contributed by atoms with Crippen molar-refractivity contribution in [2.45, 2.75) is 31.2 Å². The summed E-state index contributed by atoms with van der Waals surface area (Å²) in [4.78, 5) is 18.1. The molecule has 4 rings (SSSR count). The molecule has 2 aliphatic rings. The molecule has 3 heterocycles. The van der Waals surface area contributed by atoms with E-state index < -0.39 is 10.0 Å². The van der Waals surface area contributed by atoms with Gasteiger partial charge in [-0.1, -0.05) is 0 Å². The summed E-state index contributed by atoms with van der Waals surface area (Å²) in [6.07, 6.45) is 2.19. The number of sulfonamides is 1. The quantitative estimate of drug-likeness (QED) is 0.666. The maximum atomic E-state index is 12.8. The van der Waals surface area contributed by atoms with E-state index in [2.05, 4.69) is 29.5 Å². The predicted molar refractivity (Wildman–Crippen MR) is 116 cm³/mol. The fraction of sp³-hybridized carbons (Fsp3) is 0.550. The molecule has 2 aliphatic heterocycles. The van der Waals surface area contributed by atoms with E-state index in [1.165, 1.54) is 6.07 Å². The van der Waals surface area contributed by atoms with Crippen molar-refractivity contribution in [3.8, 4) is 5.75 Å². The summed E-state index contributed by atoms with van der Waals surface area (Å²) in [6.45, 7) is 6.19. The Morgan fingerprint density at radius 2 is 1.68 bits per heavy atom. The standard InChI is InChI=1S/C20H28N6O4S/c1-15-13-16(5-6-17(15)29-2)31(27,28)21-14-18-22-19(25-7-3-4-8-25)24-20(23-18)26-9-11-30-12-10-26/h5-6,13,21H,3-4,7-12,14H2,1-2H3. The smallest absolute Gasteiger partial charge is 0.240 e. The van der Waals surface area contributed by atoms with Crippen LogP contribution in [0.5, 0.6) is 5.75 Å². The Bertz CT molecular complexity index is 1020. The van der Waals surface area contributed by atoms with E-state index in [1.54, 1.807) is 26.2 Å². The van der Waals surface area contributed by atoms with Gasteiger partial charge < -0.3 is 19.3 Å². The van der Waals surface area contributed by atoms with Gasteiger partial charge in [-0.3, -0.25) is 0 Å². The maximum Gasteiger partial charge on any atom is 0.240 e. The minimum Gasteiger partial charge on any atom is -0.496 e. The number of anilines is 2. The number of ether oxygens (including phenoxy) is 2. The van der Waals surface area contributed by atoms with E-state index in [-0.39, 0.29) is 11.4 Å². The van der Waals surface area contributed by atoms with E-state index in [4.69, 9.17) is 9.47 Å². The van der Waals surface area contributed by atoms with Gasteiger partial charge in [-0.25, -0.2) is 13.1 Å². The van der Waals surface area contributed by atoms with E-state index >= 15 is 0 Å². The molecule has 10 nitrogen and oxygen atoms in total. The lowest BCUT2D eigenvalue weighted by Crippen LogP contribution is -2.38. The van der Waals surface area contributed by atoms with Crippen LogP contribution in [0.2, 0.25) is 0 Å². The van der Waals surface area contributed by atoms with E-state index in [0.717, 1.165) is 31.5 Å². The number of methoxy groups -OCH3 is 1. The largest absolute Gasteiger partial charge is 0.496 e. The van der Waals surface area contributed by atoms with Crippen molar-refractivity contribution in [2.24, 2.45) is 0 Å². The predicted octanol–water partition coefficient (Wildman–Crippen LogP) is 1.10. The van der Waals surface area contributed by atoms with Crippen LogP contribution in [0.1, 0.15) is 24.2 Å². The molecular formula is C20H28N6O4S. The summed E-state index contributed by atoms with van der Waals surface area (Å²) < 4.78 is 38.9. The first-order chi connectivity index (χ1) is 15.0. The summed E-state index contributed by atoms with van der Waals surface area (Å²) in [6, 6.07) is 4.76. The van der Waals surface area contributed by atoms with Crippen LogP contribution in [0.3, 0.4) is 0 Å². The summed E-state index contributed by atoms with van der Waals surface area (Å²) in [5.41, 5.74) is 0.747. The molecule has 11 heteroatoms. The second-order valence-corrected chi connectivity index (χ2v) is 9.37. The van der Waals surface area contributed by atoms with Crippen molar-refractivity contribution in [3.63, 3.8) is 0 Å². The summed E-state index contributed by atoms with van der Waals surface area (Å²) in [7, 11) is -2.17. The second-order valence-electron chi connectivity index (χ2n) is 7.60. The number of nitrogens with one attached hydrogen (secondary N) is 1. The van der Waals surface area contributed by atoms with Crippen molar-refractivity contribution >= 4 is 21.9 Å². The molecule has 0 saturated carbocycles. The number of hydrogen-bond donors (Lipinski definition) is 1. The summed E-state index contributed by atoms with van der Waals surface area (Å²) in [5.74, 6) is 2.20. The van der Waals surface area contributed by atoms with Gasteiger partial charge in [0.05, 0.1) is 31.8 Å². The third-order valence-electron chi connectivity index (χ3n) is 5.44. The van der Waals surface area contributed by atoms with Gasteiger partial charge in [-0.15, -0.1) is 0 Å². The van der Waals surface area contributed by atoms with E-state index in [9.17, 15) is 8.42 Å². The Balaban J connectivity index is 1.56. The maximum absolute atomic E-state index is 12.8. The number of rotatable bonds is 7. The zero-order valence-corrected chi connectivity index (χ0v) is 18.7. The molecule has 0 spiro atoms. The van der Waals surface area contributed by atoms with E-state index in [1.807, 2.05) is 0 Å². The topological polar surface area (TPSA) is 110 Å². The van der Waals surface area contributed by atoms with Crippen LogP contribution in [0, 0.1) is 6.92 Å². The van der Waals surface area contributed by atoms with Crippen LogP contribution in [0.15, 0.2) is 23.1 Å². The normalized spacial score (nSPS) is 17.2. The van der Waals surface area contributed by atoms with Crippen molar-refractivity contribution < 1.29 is 17.9 Å². The fourth-order valence-electron chi connectivity index (χ4n) is 3.70. The Morgan fingerprint density at radius 3 is 2.29 bits per heavy atom. The summed E-state index contributed by atoms with van der Waals surface area (Å²) in [5, 5.41) is 0. The lowest BCUT2D eigenvalue weighted by atomic mass is 10.2. The molecule has 1 aromatic carbocycles. The van der Waals surface area contributed by atoms with Crippen LogP contribution < -0.4 is 19.3 Å². The first-order valence-corrected chi connectivity index (χ1v) is 11.9. The highest BCUT2D eigenvalue weighted by atomic mass is 32.2. The van der Waals surface area contributed by atoms with Crippen molar-refractivity contribution in [1.82, 2.24) is 19.7 Å². The Kier molecular flexibility index (Phi) is 6.54. The van der Waals surface area contributed by atoms with Gasteiger partial charge in [-0.2, -0.15) is 15.0 Å². The van der Waals surface area contributed by atoms with Crippen molar-refractivity contribution in [2.75, 3.05) is 56.3 Å². The molecule has 0 amide bonds. The molecule has 0 atom stereocenters. The lowest BCUT2D eigenvalue weighted by molar-refractivity contribution is 0.122. The Hall–Kier alpha value is -2.50. The highest BCUT2D eigenvalue weighted by molar-refractivity contribution is 7.89. The molecule has 0 bridgehead atoms. The molecule has 2 saturated heterocycles. The second kappa shape index (κ2) is 9.33. The monoisotopic (exact) mass is 448 g/mol. The van der Waals surface area contributed by atoms with Crippen LogP contribution >= 0.6 is 0 Å². The zero-order chi connectivity index (χ0) is 21.8. The molecule has 168 valence electrons. The number of aryl methyl sites for hydroxylation is 1. The van der Waals surface area contributed by atoms with Gasteiger partial charge in [0.1, 0.15) is 5.75 Å². The van der Waals surface area contributed by atoms with Crippen LogP contribution in [0.4, 0.5) is 11.9 Å². The molecule has 2 fully saturated rings. The Morgan fingerprint density at radius 1 is 1.03 bits per heavy atom. The molecule has 31 heavy (non-hydrogen) atoms. The lowest BCUT2D eigenvalue weighted by Gasteiger charge is -2.28. The third kappa shape index (κ3) is 5.05. The fourth-order valence-corrected chi connectivity index (χ4v) is 4.76. The molecular weight excluding hydrogens is 420 g/mol. The van der Waals surface area contributed by atoms with Crippen molar-refractivity contribution in [1.29, 1.82) is 0 Å². The average molecular weight is 449 g/mol. The SMILES string of the molecule is COc1ccc(S(=O)(=O)NCc2nc(N3CCCC3)nc(N3CCOCC3)n2)cc1C. The highest BCUT2D eigenvalue weighted by Gasteiger charge is 2.22.